The zero-order valence-corrected chi connectivity index (χ0v) is 14.7. The second-order valence-electron chi connectivity index (χ2n) is 5.43. The van der Waals surface area contributed by atoms with Crippen molar-refractivity contribution in [1.29, 1.82) is 0 Å². The minimum Gasteiger partial charge on any atom is -0.453 e. The number of halogens is 3. The van der Waals surface area contributed by atoms with Crippen molar-refractivity contribution >= 4 is 23.4 Å². The van der Waals surface area contributed by atoms with Crippen LogP contribution in [0.2, 0.25) is 0 Å². The highest BCUT2D eigenvalue weighted by molar-refractivity contribution is 7.09. The Bertz CT molecular complexity index is 612. The van der Waals surface area contributed by atoms with E-state index in [4.69, 9.17) is 0 Å². The molecule has 0 radical (unpaired) electrons. The SMILES string of the molecule is CN=C(NCc1nc(C(F)(F)F)cs1)NC1CCN(C(=O)OC)CC1. The number of rotatable bonds is 3. The Labute approximate surface area is 147 Å². The summed E-state index contributed by atoms with van der Waals surface area (Å²) in [6.07, 6.45) is -3.32. The van der Waals surface area contributed by atoms with Crippen LogP contribution in [0.5, 0.6) is 0 Å². The number of aliphatic imine (C=N–C) groups is 1. The first-order chi connectivity index (χ1) is 11.8. The number of carbonyl (C=O) groups is 1. The van der Waals surface area contributed by atoms with Crippen LogP contribution in [0.25, 0.3) is 0 Å². The largest absolute Gasteiger partial charge is 0.453 e. The lowest BCUT2D eigenvalue weighted by Crippen LogP contribution is -2.49. The molecular formula is C14H20F3N5O2S. The standard InChI is InChI=1S/C14H20F3N5O2S/c1-18-12(19-7-11-21-10(8-25-11)14(15,16)17)20-9-3-5-22(6-4-9)13(23)24-2/h8-9H,3-7H2,1-2H3,(H2,18,19,20). The van der Waals surface area contributed by atoms with Gasteiger partial charge in [-0.25, -0.2) is 9.78 Å². The number of hydrogen-bond acceptors (Lipinski definition) is 5. The first-order valence-electron chi connectivity index (χ1n) is 7.65. The number of likely N-dealkylation sites (tertiary alicyclic amines) is 1. The molecule has 1 amide bonds. The highest BCUT2D eigenvalue weighted by atomic mass is 32.1. The molecule has 2 N–H and O–H groups in total. The molecule has 0 unspecified atom stereocenters. The molecular weight excluding hydrogens is 359 g/mol. The van der Waals surface area contributed by atoms with Gasteiger partial charge in [-0.05, 0) is 12.8 Å². The van der Waals surface area contributed by atoms with Crippen LogP contribution in [0.4, 0.5) is 18.0 Å². The first-order valence-corrected chi connectivity index (χ1v) is 8.53. The second kappa shape index (κ2) is 8.37. The molecule has 1 aliphatic rings. The van der Waals surface area contributed by atoms with E-state index in [1.165, 1.54) is 7.11 Å². The number of alkyl halides is 3. The van der Waals surface area contributed by atoms with Gasteiger partial charge in [0.2, 0.25) is 0 Å². The van der Waals surface area contributed by atoms with Crippen LogP contribution < -0.4 is 10.6 Å². The Morgan fingerprint density at radius 3 is 2.68 bits per heavy atom. The molecule has 0 bridgehead atoms. The number of thiazole rings is 1. The van der Waals surface area contributed by atoms with E-state index in [1.54, 1.807) is 11.9 Å². The first kappa shape index (κ1) is 19.3. The van der Waals surface area contributed by atoms with Crippen molar-refractivity contribution in [2.24, 2.45) is 4.99 Å². The van der Waals surface area contributed by atoms with Crippen LogP contribution in [0.3, 0.4) is 0 Å². The Morgan fingerprint density at radius 2 is 2.16 bits per heavy atom. The zero-order valence-electron chi connectivity index (χ0n) is 13.9. The minimum atomic E-state index is -4.43. The van der Waals surface area contributed by atoms with Crippen molar-refractivity contribution in [2.75, 3.05) is 27.2 Å². The van der Waals surface area contributed by atoms with E-state index in [1.807, 2.05) is 0 Å². The summed E-state index contributed by atoms with van der Waals surface area (Å²) in [4.78, 5) is 20.7. The molecule has 7 nitrogen and oxygen atoms in total. The summed E-state index contributed by atoms with van der Waals surface area (Å²) in [5.41, 5.74) is -0.882. The fraction of sp³-hybridized carbons (Fsp3) is 0.643. The Hall–Kier alpha value is -2.04. The number of hydrogen-bond donors (Lipinski definition) is 2. The Kier molecular flexibility index (Phi) is 6.45. The quantitative estimate of drug-likeness (QED) is 0.621. The van der Waals surface area contributed by atoms with Crippen LogP contribution in [0.15, 0.2) is 10.4 Å². The molecule has 0 aromatic carbocycles. The van der Waals surface area contributed by atoms with E-state index >= 15 is 0 Å². The lowest BCUT2D eigenvalue weighted by molar-refractivity contribution is -0.140. The van der Waals surface area contributed by atoms with Crippen LogP contribution in [-0.4, -0.2) is 55.2 Å². The van der Waals surface area contributed by atoms with Gasteiger partial charge in [-0.2, -0.15) is 13.2 Å². The van der Waals surface area contributed by atoms with E-state index in [2.05, 4.69) is 25.3 Å². The van der Waals surface area contributed by atoms with Gasteiger partial charge in [-0.1, -0.05) is 0 Å². The third-order valence-corrected chi connectivity index (χ3v) is 4.59. The lowest BCUT2D eigenvalue weighted by Gasteiger charge is -2.32. The third kappa shape index (κ3) is 5.48. The summed E-state index contributed by atoms with van der Waals surface area (Å²) < 4.78 is 42.3. The fourth-order valence-corrected chi connectivity index (χ4v) is 3.15. The average Bonchev–Trinajstić information content (AvgIpc) is 3.08. The number of ether oxygens (including phenoxy) is 1. The van der Waals surface area contributed by atoms with Gasteiger partial charge in [0.25, 0.3) is 0 Å². The van der Waals surface area contributed by atoms with Crippen LogP contribution in [-0.2, 0) is 17.5 Å². The molecule has 0 spiro atoms. The molecule has 1 aliphatic heterocycles. The number of methoxy groups -OCH3 is 1. The van der Waals surface area contributed by atoms with E-state index in [0.29, 0.717) is 24.1 Å². The topological polar surface area (TPSA) is 78.9 Å². The molecule has 1 aromatic heterocycles. The number of aromatic nitrogens is 1. The molecule has 1 aromatic rings. The van der Waals surface area contributed by atoms with Crippen LogP contribution in [0.1, 0.15) is 23.5 Å². The van der Waals surface area contributed by atoms with Gasteiger partial charge >= 0.3 is 12.3 Å². The molecule has 25 heavy (non-hydrogen) atoms. The van der Waals surface area contributed by atoms with E-state index in [-0.39, 0.29) is 18.7 Å². The maximum atomic E-state index is 12.5. The van der Waals surface area contributed by atoms with Gasteiger partial charge in [-0.3, -0.25) is 4.99 Å². The summed E-state index contributed by atoms with van der Waals surface area (Å²) in [6, 6.07) is 0.120. The van der Waals surface area contributed by atoms with E-state index in [9.17, 15) is 18.0 Å². The van der Waals surface area contributed by atoms with Crippen molar-refractivity contribution in [1.82, 2.24) is 20.5 Å². The summed E-state index contributed by atoms with van der Waals surface area (Å²) >= 11 is 0.947. The smallest absolute Gasteiger partial charge is 0.434 e. The second-order valence-corrected chi connectivity index (χ2v) is 6.37. The molecule has 11 heteroatoms. The summed E-state index contributed by atoms with van der Waals surface area (Å²) in [5, 5.41) is 7.49. The van der Waals surface area contributed by atoms with Crippen molar-refractivity contribution in [3.05, 3.63) is 16.1 Å². The van der Waals surface area contributed by atoms with Crippen molar-refractivity contribution in [3.63, 3.8) is 0 Å². The summed E-state index contributed by atoms with van der Waals surface area (Å²) in [5.74, 6) is 0.486. The van der Waals surface area contributed by atoms with Crippen molar-refractivity contribution < 1.29 is 22.7 Å². The monoisotopic (exact) mass is 379 g/mol. The number of nitrogens with one attached hydrogen (secondary N) is 2. The fourth-order valence-electron chi connectivity index (χ4n) is 2.41. The number of carbonyl (C=O) groups excluding carboxylic acids is 1. The third-order valence-electron chi connectivity index (χ3n) is 3.74. The zero-order chi connectivity index (χ0) is 18.4. The molecule has 1 saturated heterocycles. The number of amides is 1. The van der Waals surface area contributed by atoms with Crippen LogP contribution >= 0.6 is 11.3 Å². The van der Waals surface area contributed by atoms with Gasteiger partial charge < -0.3 is 20.3 Å². The molecule has 2 rings (SSSR count). The average molecular weight is 379 g/mol. The van der Waals surface area contributed by atoms with Gasteiger partial charge in [0.15, 0.2) is 11.7 Å². The maximum Gasteiger partial charge on any atom is 0.434 e. The van der Waals surface area contributed by atoms with Crippen molar-refractivity contribution in [3.8, 4) is 0 Å². The molecule has 0 aliphatic carbocycles. The minimum absolute atomic E-state index is 0.120. The summed E-state index contributed by atoms with van der Waals surface area (Å²) in [7, 11) is 2.93. The predicted molar refractivity (Wildman–Crippen MR) is 87.5 cm³/mol. The molecule has 0 atom stereocenters. The number of piperidine rings is 1. The highest BCUT2D eigenvalue weighted by Gasteiger charge is 2.33. The molecule has 1 fully saturated rings. The van der Waals surface area contributed by atoms with Gasteiger partial charge in [0.1, 0.15) is 5.01 Å². The number of guanidine groups is 1. The van der Waals surface area contributed by atoms with Crippen LogP contribution in [0, 0.1) is 0 Å². The molecule has 2 heterocycles. The normalized spacial score (nSPS) is 16.7. The van der Waals surface area contributed by atoms with E-state index < -0.39 is 11.9 Å². The predicted octanol–water partition coefficient (Wildman–Crippen LogP) is 2.06. The summed E-state index contributed by atoms with van der Waals surface area (Å²) in [6.45, 7) is 1.30. The van der Waals surface area contributed by atoms with Crippen molar-refractivity contribution in [2.45, 2.75) is 31.6 Å². The Morgan fingerprint density at radius 1 is 1.48 bits per heavy atom. The molecule has 140 valence electrons. The maximum absolute atomic E-state index is 12.5. The lowest BCUT2D eigenvalue weighted by atomic mass is 10.1. The van der Waals surface area contributed by atoms with Gasteiger partial charge in [0.05, 0.1) is 13.7 Å². The molecule has 0 saturated carbocycles. The highest BCUT2D eigenvalue weighted by Crippen LogP contribution is 2.29. The Balaban J connectivity index is 1.80. The number of nitrogens with zero attached hydrogens (tertiary/aromatic N) is 3. The van der Waals surface area contributed by atoms with Gasteiger partial charge in [0, 0.05) is 31.6 Å². The van der Waals surface area contributed by atoms with E-state index in [0.717, 1.165) is 29.6 Å². The van der Waals surface area contributed by atoms with Gasteiger partial charge in [-0.15, -0.1) is 11.3 Å².